The van der Waals surface area contributed by atoms with E-state index < -0.39 is 30.2 Å². The molecule has 1 aliphatic heterocycles. The molecule has 0 fully saturated rings. The predicted octanol–water partition coefficient (Wildman–Crippen LogP) is 4.54. The second kappa shape index (κ2) is 7.85. The third-order valence-electron chi connectivity index (χ3n) is 6.05. The number of H-pyrrole nitrogens is 1. The maximum atomic E-state index is 14.1. The van der Waals surface area contributed by atoms with Crippen molar-refractivity contribution in [3.63, 3.8) is 0 Å². The molecule has 2 aromatic carbocycles. The van der Waals surface area contributed by atoms with Crippen molar-refractivity contribution in [2.75, 3.05) is 18.5 Å². The zero-order valence-corrected chi connectivity index (χ0v) is 17.8. The summed E-state index contributed by atoms with van der Waals surface area (Å²) in [6, 6.07) is 11.5. The molecule has 0 aliphatic carbocycles. The molecular formula is C24H25F3N2O3. The van der Waals surface area contributed by atoms with Gasteiger partial charge in [-0.25, -0.2) is 0 Å². The van der Waals surface area contributed by atoms with E-state index in [0.29, 0.717) is 40.9 Å². The number of fused-ring (bicyclic) bond motifs is 2. The van der Waals surface area contributed by atoms with E-state index in [1.54, 1.807) is 32.0 Å². The molecule has 3 N–H and O–H groups in total. The molecule has 1 aliphatic rings. The fourth-order valence-corrected chi connectivity index (χ4v) is 4.37. The van der Waals surface area contributed by atoms with Gasteiger partial charge in [-0.05, 0) is 35.6 Å². The summed E-state index contributed by atoms with van der Waals surface area (Å²) in [6.45, 7) is 3.09. The number of aliphatic hydroxyl groups is 1. The zero-order valence-electron chi connectivity index (χ0n) is 17.8. The van der Waals surface area contributed by atoms with Gasteiger partial charge in [-0.15, -0.1) is 0 Å². The van der Waals surface area contributed by atoms with Crippen molar-refractivity contribution in [1.82, 2.24) is 4.98 Å². The van der Waals surface area contributed by atoms with Gasteiger partial charge in [-0.3, -0.25) is 4.79 Å². The Morgan fingerprint density at radius 3 is 2.69 bits per heavy atom. The summed E-state index contributed by atoms with van der Waals surface area (Å²) in [6.07, 6.45) is -3.22. The molecule has 2 heterocycles. The Morgan fingerprint density at radius 1 is 1.16 bits per heavy atom. The van der Waals surface area contributed by atoms with Crippen LogP contribution in [0, 0.1) is 0 Å². The number of alkyl halides is 3. The van der Waals surface area contributed by atoms with Crippen LogP contribution in [0.15, 0.2) is 53.5 Å². The lowest BCUT2D eigenvalue weighted by atomic mass is 9.74. The number of halogens is 3. The Labute approximate surface area is 183 Å². The number of rotatable bonds is 6. The van der Waals surface area contributed by atoms with E-state index in [2.05, 4.69) is 10.3 Å². The molecule has 0 spiro atoms. The molecule has 0 bridgehead atoms. The molecule has 0 amide bonds. The molecule has 1 atom stereocenters. The van der Waals surface area contributed by atoms with Crippen molar-refractivity contribution in [3.05, 3.63) is 70.0 Å². The van der Waals surface area contributed by atoms with Crippen molar-refractivity contribution in [1.29, 1.82) is 0 Å². The van der Waals surface area contributed by atoms with E-state index in [4.69, 9.17) is 4.74 Å². The molecule has 0 radical (unpaired) electrons. The maximum absolute atomic E-state index is 14.1. The van der Waals surface area contributed by atoms with Gasteiger partial charge in [0.15, 0.2) is 11.0 Å². The van der Waals surface area contributed by atoms with Crippen LogP contribution in [0.4, 0.5) is 18.9 Å². The number of ether oxygens (including phenoxy) is 1. The molecule has 3 aromatic rings. The van der Waals surface area contributed by atoms with E-state index in [0.717, 1.165) is 5.56 Å². The molecule has 1 unspecified atom stereocenters. The summed E-state index contributed by atoms with van der Waals surface area (Å²) < 4.78 is 47.9. The quantitative estimate of drug-likeness (QED) is 0.520. The van der Waals surface area contributed by atoms with Gasteiger partial charge in [0.05, 0.1) is 13.2 Å². The van der Waals surface area contributed by atoms with Crippen LogP contribution in [0.2, 0.25) is 0 Å². The Hall–Kier alpha value is -3.00. The lowest BCUT2D eigenvalue weighted by Crippen LogP contribution is -2.53. The van der Waals surface area contributed by atoms with Crippen LogP contribution in [0.3, 0.4) is 0 Å². The number of hydrogen-bond donors (Lipinski definition) is 3. The van der Waals surface area contributed by atoms with Crippen LogP contribution in [-0.2, 0) is 11.8 Å². The minimum absolute atomic E-state index is 0.243. The van der Waals surface area contributed by atoms with Gasteiger partial charge in [-0.2, -0.15) is 13.2 Å². The topological polar surface area (TPSA) is 74.4 Å². The Balaban J connectivity index is 1.61. The van der Waals surface area contributed by atoms with Crippen LogP contribution >= 0.6 is 0 Å². The highest BCUT2D eigenvalue weighted by molar-refractivity contribution is 5.82. The SMILES string of the molecule is CC(C)(CC(O)(CNc1ccc2[nH]ccc(=O)c2c1)C(F)(F)F)c1cccc2c1OCC2. The lowest BCUT2D eigenvalue weighted by Gasteiger charge is -2.38. The minimum Gasteiger partial charge on any atom is -0.493 e. The van der Waals surface area contributed by atoms with Crippen LogP contribution in [0.5, 0.6) is 5.75 Å². The van der Waals surface area contributed by atoms with E-state index in [1.165, 1.54) is 18.3 Å². The summed E-state index contributed by atoms with van der Waals surface area (Å²) in [5.74, 6) is 0.615. The third kappa shape index (κ3) is 4.07. The summed E-state index contributed by atoms with van der Waals surface area (Å²) >= 11 is 0. The minimum atomic E-state index is -4.87. The first-order valence-electron chi connectivity index (χ1n) is 10.4. The second-order valence-electron chi connectivity index (χ2n) is 8.94. The Morgan fingerprint density at radius 2 is 1.94 bits per heavy atom. The van der Waals surface area contributed by atoms with Gasteiger partial charge in [0.2, 0.25) is 0 Å². The number of benzene rings is 2. The smallest absolute Gasteiger partial charge is 0.418 e. The van der Waals surface area contributed by atoms with Crippen molar-refractivity contribution >= 4 is 16.6 Å². The Bertz CT molecular complexity index is 1200. The molecule has 32 heavy (non-hydrogen) atoms. The zero-order chi connectivity index (χ0) is 23.1. The van der Waals surface area contributed by atoms with Gasteiger partial charge < -0.3 is 20.1 Å². The normalized spacial score (nSPS) is 15.8. The standard InChI is InChI=1S/C24H25F3N2O3/c1-22(2,18-5-3-4-15-9-11-32-21(15)18)13-23(31,24(25,26)27)14-29-16-6-7-19-17(12-16)20(30)8-10-28-19/h3-8,10,12,29,31H,9,11,13-14H2,1-2H3,(H,28,30). The number of hydrogen-bond acceptors (Lipinski definition) is 4. The van der Waals surface area contributed by atoms with Crippen molar-refractivity contribution in [2.24, 2.45) is 0 Å². The average molecular weight is 446 g/mol. The van der Waals surface area contributed by atoms with Gasteiger partial charge >= 0.3 is 6.18 Å². The average Bonchev–Trinajstić information content (AvgIpc) is 3.20. The molecule has 0 saturated carbocycles. The number of pyridine rings is 1. The predicted molar refractivity (Wildman–Crippen MR) is 117 cm³/mol. The van der Waals surface area contributed by atoms with Crippen LogP contribution in [-0.4, -0.2) is 35.0 Å². The van der Waals surface area contributed by atoms with Gasteiger partial charge in [0, 0.05) is 40.8 Å². The first kappa shape index (κ1) is 22.2. The Kier molecular flexibility index (Phi) is 5.45. The third-order valence-corrected chi connectivity index (χ3v) is 6.05. The summed E-state index contributed by atoms with van der Waals surface area (Å²) in [5, 5.41) is 13.9. The molecular weight excluding hydrogens is 421 g/mol. The molecule has 4 rings (SSSR count). The van der Waals surface area contributed by atoms with E-state index in [-0.39, 0.29) is 5.43 Å². The summed E-state index contributed by atoms with van der Waals surface area (Å²) in [4.78, 5) is 15.0. The van der Waals surface area contributed by atoms with Gasteiger partial charge in [-0.1, -0.05) is 32.0 Å². The van der Waals surface area contributed by atoms with Crippen molar-refractivity contribution < 1.29 is 23.0 Å². The maximum Gasteiger partial charge on any atom is 0.418 e. The lowest BCUT2D eigenvalue weighted by molar-refractivity contribution is -0.260. The van der Waals surface area contributed by atoms with Crippen LogP contribution < -0.4 is 15.5 Å². The highest BCUT2D eigenvalue weighted by Gasteiger charge is 2.56. The molecule has 1 aromatic heterocycles. The fourth-order valence-electron chi connectivity index (χ4n) is 4.37. The number of nitrogens with one attached hydrogen (secondary N) is 2. The van der Waals surface area contributed by atoms with Gasteiger partial charge in [0.1, 0.15) is 5.75 Å². The van der Waals surface area contributed by atoms with Crippen LogP contribution in [0.1, 0.15) is 31.4 Å². The van der Waals surface area contributed by atoms with E-state index in [1.807, 2.05) is 12.1 Å². The van der Waals surface area contributed by atoms with E-state index in [9.17, 15) is 23.1 Å². The largest absolute Gasteiger partial charge is 0.493 e. The number of para-hydroxylation sites is 1. The number of anilines is 1. The van der Waals surface area contributed by atoms with E-state index >= 15 is 0 Å². The highest BCUT2D eigenvalue weighted by Crippen LogP contribution is 2.45. The van der Waals surface area contributed by atoms with Crippen molar-refractivity contribution in [3.8, 4) is 5.75 Å². The molecule has 0 saturated heterocycles. The highest BCUT2D eigenvalue weighted by atomic mass is 19.4. The fraction of sp³-hybridized carbons (Fsp3) is 0.375. The molecule has 5 nitrogen and oxygen atoms in total. The molecule has 8 heteroatoms. The second-order valence-corrected chi connectivity index (χ2v) is 8.94. The monoisotopic (exact) mass is 446 g/mol. The van der Waals surface area contributed by atoms with Crippen LogP contribution in [0.25, 0.3) is 10.9 Å². The number of aromatic amines is 1. The number of aromatic nitrogens is 1. The summed E-state index contributed by atoms with van der Waals surface area (Å²) in [5.41, 5.74) is -1.75. The molecule has 170 valence electrons. The first-order valence-corrected chi connectivity index (χ1v) is 10.4. The van der Waals surface area contributed by atoms with Crippen molar-refractivity contribution in [2.45, 2.75) is 43.9 Å². The van der Waals surface area contributed by atoms with Gasteiger partial charge in [0.25, 0.3) is 0 Å². The first-order chi connectivity index (χ1) is 15.0. The summed E-state index contributed by atoms with van der Waals surface area (Å²) in [7, 11) is 0.